The molecule has 1 saturated heterocycles. The van der Waals surface area contributed by atoms with Crippen molar-refractivity contribution in [3.05, 3.63) is 59.5 Å². The molecule has 1 aromatic heterocycles. The number of hydrogen-bond acceptors (Lipinski definition) is 7. The molecule has 4 rings (SSSR count). The number of carbonyl (C=O) groups is 1. The maximum absolute atomic E-state index is 13.4. The van der Waals surface area contributed by atoms with Crippen molar-refractivity contribution in [3.63, 3.8) is 0 Å². The van der Waals surface area contributed by atoms with Gasteiger partial charge in [0.2, 0.25) is 27.6 Å². The Labute approximate surface area is 199 Å². The van der Waals surface area contributed by atoms with Crippen LogP contribution in [0, 0.1) is 19.8 Å². The molecule has 3 aromatic rings. The van der Waals surface area contributed by atoms with Gasteiger partial charge in [0.25, 0.3) is 0 Å². The average molecular weight is 485 g/mol. The number of benzene rings is 2. The SMILES string of the molecule is COc1ccc(CNC(=O)C2CCN(S(=O)(=O)c3cc(-c4noc(C)n4)ccc3C)CC2)cc1. The summed E-state index contributed by atoms with van der Waals surface area (Å²) in [6.07, 6.45) is 0.937. The summed E-state index contributed by atoms with van der Waals surface area (Å²) < 4.78 is 38.4. The first-order chi connectivity index (χ1) is 16.3. The van der Waals surface area contributed by atoms with E-state index in [0.29, 0.717) is 42.2 Å². The molecule has 2 heterocycles. The van der Waals surface area contributed by atoms with Crippen LogP contribution in [0.1, 0.15) is 29.9 Å². The lowest BCUT2D eigenvalue weighted by Crippen LogP contribution is -2.43. The van der Waals surface area contributed by atoms with Crippen LogP contribution in [0.2, 0.25) is 0 Å². The third-order valence-corrected chi connectivity index (χ3v) is 8.08. The molecule has 1 aliphatic rings. The van der Waals surface area contributed by atoms with Gasteiger partial charge in [-0.05, 0) is 49.1 Å². The van der Waals surface area contributed by atoms with Gasteiger partial charge in [0, 0.05) is 38.0 Å². The minimum atomic E-state index is -3.72. The van der Waals surface area contributed by atoms with E-state index < -0.39 is 10.0 Å². The maximum atomic E-state index is 13.4. The highest BCUT2D eigenvalue weighted by Gasteiger charge is 2.33. The van der Waals surface area contributed by atoms with Gasteiger partial charge in [-0.25, -0.2) is 8.42 Å². The van der Waals surface area contributed by atoms with E-state index in [-0.39, 0.29) is 29.8 Å². The molecule has 10 heteroatoms. The Morgan fingerprint density at radius 2 is 1.85 bits per heavy atom. The molecule has 0 bridgehead atoms. The number of carbonyl (C=O) groups excluding carboxylic acids is 1. The molecule has 0 unspecified atom stereocenters. The molecule has 1 N–H and O–H groups in total. The lowest BCUT2D eigenvalue weighted by Gasteiger charge is -2.31. The summed E-state index contributed by atoms with van der Waals surface area (Å²) in [5, 5.41) is 6.84. The lowest BCUT2D eigenvalue weighted by atomic mass is 9.97. The Hall–Kier alpha value is -3.24. The van der Waals surface area contributed by atoms with Crippen molar-refractivity contribution in [1.82, 2.24) is 19.8 Å². The fourth-order valence-corrected chi connectivity index (χ4v) is 5.73. The molecule has 0 spiro atoms. The van der Waals surface area contributed by atoms with Crippen molar-refractivity contribution in [1.29, 1.82) is 0 Å². The van der Waals surface area contributed by atoms with Crippen molar-refractivity contribution in [3.8, 4) is 17.1 Å². The number of aromatic nitrogens is 2. The van der Waals surface area contributed by atoms with Gasteiger partial charge in [0.05, 0.1) is 12.0 Å². The van der Waals surface area contributed by atoms with Crippen molar-refractivity contribution >= 4 is 15.9 Å². The highest BCUT2D eigenvalue weighted by atomic mass is 32.2. The molecular formula is C24H28N4O5S. The standard InChI is InChI=1S/C24H28N4O5S/c1-16-4-7-20(23-26-17(2)33-27-23)14-22(16)34(30,31)28-12-10-19(11-13-28)24(29)25-15-18-5-8-21(32-3)9-6-18/h4-9,14,19H,10-13,15H2,1-3H3,(H,25,29). The Morgan fingerprint density at radius 3 is 2.47 bits per heavy atom. The summed E-state index contributed by atoms with van der Waals surface area (Å²) in [5.41, 5.74) is 2.19. The molecule has 0 saturated carbocycles. The van der Waals surface area contributed by atoms with E-state index in [1.54, 1.807) is 39.2 Å². The van der Waals surface area contributed by atoms with Crippen LogP contribution < -0.4 is 10.1 Å². The first-order valence-corrected chi connectivity index (χ1v) is 12.5. The van der Waals surface area contributed by atoms with Crippen LogP contribution in [-0.4, -0.2) is 49.0 Å². The van der Waals surface area contributed by atoms with Crippen molar-refractivity contribution in [2.45, 2.75) is 38.1 Å². The monoisotopic (exact) mass is 484 g/mol. The Bertz CT molecular complexity index is 1260. The van der Waals surface area contributed by atoms with Gasteiger partial charge in [-0.1, -0.05) is 29.4 Å². The quantitative estimate of drug-likeness (QED) is 0.548. The van der Waals surface area contributed by atoms with Gasteiger partial charge < -0.3 is 14.6 Å². The molecule has 2 aromatic carbocycles. The first kappa shape index (κ1) is 23.9. The number of methoxy groups -OCH3 is 1. The molecule has 0 radical (unpaired) electrons. The zero-order valence-corrected chi connectivity index (χ0v) is 20.3. The van der Waals surface area contributed by atoms with Gasteiger partial charge in [-0.2, -0.15) is 9.29 Å². The summed E-state index contributed by atoms with van der Waals surface area (Å²) in [4.78, 5) is 17.1. The fourth-order valence-electron chi connectivity index (χ4n) is 4.01. The van der Waals surface area contributed by atoms with Crippen molar-refractivity contribution in [2.24, 2.45) is 5.92 Å². The van der Waals surface area contributed by atoms with Crippen LogP contribution in [0.5, 0.6) is 5.75 Å². The second-order valence-corrected chi connectivity index (χ2v) is 10.3. The number of nitrogens with one attached hydrogen (secondary N) is 1. The molecule has 180 valence electrons. The fraction of sp³-hybridized carbons (Fsp3) is 0.375. The van der Waals surface area contributed by atoms with Gasteiger partial charge in [0.15, 0.2) is 0 Å². The highest BCUT2D eigenvalue weighted by Crippen LogP contribution is 2.29. The van der Waals surface area contributed by atoms with Crippen LogP contribution in [0.3, 0.4) is 0 Å². The molecule has 34 heavy (non-hydrogen) atoms. The zero-order valence-electron chi connectivity index (χ0n) is 19.4. The molecule has 1 amide bonds. The molecule has 9 nitrogen and oxygen atoms in total. The van der Waals surface area contributed by atoms with Crippen LogP contribution in [0.4, 0.5) is 0 Å². The van der Waals surface area contributed by atoms with Crippen molar-refractivity contribution in [2.75, 3.05) is 20.2 Å². The second-order valence-electron chi connectivity index (χ2n) is 8.36. The van der Waals surface area contributed by atoms with E-state index in [0.717, 1.165) is 11.3 Å². The number of amides is 1. The molecule has 1 fully saturated rings. The Kier molecular flexibility index (Phi) is 6.99. The van der Waals surface area contributed by atoms with E-state index in [9.17, 15) is 13.2 Å². The normalized spacial score (nSPS) is 15.3. The Morgan fingerprint density at radius 1 is 1.15 bits per heavy atom. The van der Waals surface area contributed by atoms with Gasteiger partial charge in [-0.3, -0.25) is 4.79 Å². The maximum Gasteiger partial charge on any atom is 0.243 e. The summed E-state index contributed by atoms with van der Waals surface area (Å²) >= 11 is 0. The van der Waals surface area contributed by atoms with Crippen LogP contribution in [-0.2, 0) is 21.4 Å². The van der Waals surface area contributed by atoms with E-state index >= 15 is 0 Å². The topological polar surface area (TPSA) is 115 Å². The summed E-state index contributed by atoms with van der Waals surface area (Å²) in [7, 11) is -2.12. The molecule has 0 atom stereocenters. The van der Waals surface area contributed by atoms with Gasteiger partial charge >= 0.3 is 0 Å². The zero-order chi connectivity index (χ0) is 24.3. The number of hydrogen-bond donors (Lipinski definition) is 1. The Balaban J connectivity index is 1.38. The van der Waals surface area contributed by atoms with E-state index in [1.807, 2.05) is 24.3 Å². The van der Waals surface area contributed by atoms with Gasteiger partial charge in [0.1, 0.15) is 5.75 Å². The molecular weight excluding hydrogens is 456 g/mol. The smallest absolute Gasteiger partial charge is 0.243 e. The highest BCUT2D eigenvalue weighted by molar-refractivity contribution is 7.89. The van der Waals surface area contributed by atoms with Crippen molar-refractivity contribution < 1.29 is 22.5 Å². The minimum Gasteiger partial charge on any atom is -0.497 e. The van der Waals surface area contributed by atoms with Gasteiger partial charge in [-0.15, -0.1) is 0 Å². The largest absolute Gasteiger partial charge is 0.497 e. The van der Waals surface area contributed by atoms with E-state index in [4.69, 9.17) is 9.26 Å². The molecule has 0 aliphatic carbocycles. The number of rotatable bonds is 7. The third kappa shape index (κ3) is 5.13. The lowest BCUT2D eigenvalue weighted by molar-refractivity contribution is -0.126. The number of nitrogens with zero attached hydrogens (tertiary/aromatic N) is 3. The van der Waals surface area contributed by atoms with Crippen LogP contribution in [0.15, 0.2) is 51.9 Å². The predicted octanol–water partition coefficient (Wildman–Crippen LogP) is 3.08. The minimum absolute atomic E-state index is 0.0569. The van der Waals surface area contributed by atoms with Crippen LogP contribution in [0.25, 0.3) is 11.4 Å². The second kappa shape index (κ2) is 9.94. The van der Waals surface area contributed by atoms with E-state index in [1.165, 1.54) is 4.31 Å². The first-order valence-electron chi connectivity index (χ1n) is 11.1. The summed E-state index contributed by atoms with van der Waals surface area (Å²) in [5.74, 6) is 1.24. The number of aryl methyl sites for hydroxylation is 2. The van der Waals surface area contributed by atoms with E-state index in [2.05, 4.69) is 15.5 Å². The molecule has 1 aliphatic heterocycles. The summed E-state index contributed by atoms with van der Waals surface area (Å²) in [6, 6.07) is 12.6. The average Bonchev–Trinajstić information content (AvgIpc) is 3.29. The number of piperidine rings is 1. The van der Waals surface area contributed by atoms with Crippen LogP contribution >= 0.6 is 0 Å². The predicted molar refractivity (Wildman–Crippen MR) is 126 cm³/mol. The summed E-state index contributed by atoms with van der Waals surface area (Å²) in [6.45, 7) is 4.43. The number of sulfonamides is 1. The third-order valence-electron chi connectivity index (χ3n) is 6.04. The number of ether oxygens (including phenoxy) is 1.